The quantitative estimate of drug-likeness (QED) is 0.411. The van der Waals surface area contributed by atoms with Crippen molar-refractivity contribution in [3.63, 3.8) is 0 Å². The highest BCUT2D eigenvalue weighted by Crippen LogP contribution is 2.27. The molecule has 4 N–H and O–H groups in total. The van der Waals surface area contributed by atoms with Gasteiger partial charge in [0.25, 0.3) is 0 Å². The number of nitrogen functional groups attached to an aromatic ring is 1. The average Bonchev–Trinajstić information content (AvgIpc) is 3.12. The molecular weight excluding hydrogens is 376 g/mol. The van der Waals surface area contributed by atoms with Gasteiger partial charge in [-0.1, -0.05) is 45.7 Å². The summed E-state index contributed by atoms with van der Waals surface area (Å²) in [5.41, 5.74) is 10.1. The molecule has 0 saturated heterocycles. The third-order valence-electron chi connectivity index (χ3n) is 5.11. The fourth-order valence-electron chi connectivity index (χ4n) is 3.50. The molecule has 0 aliphatic heterocycles. The number of hydrogen-bond acceptors (Lipinski definition) is 6. The number of benzene rings is 1. The molecule has 30 heavy (non-hydrogen) atoms. The molecule has 3 aromatic rings. The minimum absolute atomic E-state index is 0.290. The Morgan fingerprint density at radius 1 is 1.17 bits per heavy atom. The number of fused-ring (bicyclic) bond motifs is 1. The van der Waals surface area contributed by atoms with Crippen molar-refractivity contribution in [2.24, 2.45) is 0 Å². The van der Waals surface area contributed by atoms with Crippen molar-refractivity contribution >= 4 is 22.8 Å². The van der Waals surface area contributed by atoms with E-state index in [-0.39, 0.29) is 5.95 Å². The summed E-state index contributed by atoms with van der Waals surface area (Å²) in [6.45, 7) is 8.84. The first-order chi connectivity index (χ1) is 14.5. The average molecular weight is 411 g/mol. The van der Waals surface area contributed by atoms with Crippen molar-refractivity contribution in [3.05, 3.63) is 41.6 Å². The van der Waals surface area contributed by atoms with Gasteiger partial charge in [0.05, 0.1) is 19.2 Å². The van der Waals surface area contributed by atoms with Crippen LogP contribution in [0, 0.1) is 0 Å². The van der Waals surface area contributed by atoms with E-state index in [2.05, 4.69) is 64.1 Å². The molecule has 0 atom stereocenters. The molecule has 7 nitrogen and oxygen atoms in total. The van der Waals surface area contributed by atoms with Crippen molar-refractivity contribution in [1.82, 2.24) is 19.9 Å². The monoisotopic (exact) mass is 410 g/mol. The number of aromatic nitrogens is 3. The summed E-state index contributed by atoms with van der Waals surface area (Å²) >= 11 is 0. The van der Waals surface area contributed by atoms with E-state index in [0.717, 1.165) is 47.7 Å². The molecule has 0 radical (unpaired) electrons. The first-order valence-electron chi connectivity index (χ1n) is 10.8. The van der Waals surface area contributed by atoms with Crippen LogP contribution in [-0.2, 0) is 13.1 Å². The number of anilines is 2. The minimum Gasteiger partial charge on any atom is -0.496 e. The summed E-state index contributed by atoms with van der Waals surface area (Å²) < 4.78 is 7.84. The van der Waals surface area contributed by atoms with Crippen molar-refractivity contribution < 1.29 is 4.74 Å². The number of methoxy groups -OCH3 is 1. The van der Waals surface area contributed by atoms with Crippen molar-refractivity contribution in [2.75, 3.05) is 24.7 Å². The second-order valence-electron chi connectivity index (χ2n) is 7.92. The number of nitrogens with one attached hydrogen (secondary N) is 2. The van der Waals surface area contributed by atoms with E-state index in [0.29, 0.717) is 12.6 Å². The number of hydrogen-bond donors (Lipinski definition) is 3. The van der Waals surface area contributed by atoms with Gasteiger partial charge in [-0.3, -0.25) is 0 Å². The molecule has 0 amide bonds. The summed E-state index contributed by atoms with van der Waals surface area (Å²) in [4.78, 5) is 8.87. The Morgan fingerprint density at radius 3 is 2.73 bits per heavy atom. The molecule has 0 bridgehead atoms. The normalized spacial score (nSPS) is 11.4. The topological polar surface area (TPSA) is 90.0 Å². The van der Waals surface area contributed by atoms with Crippen LogP contribution < -0.4 is 21.1 Å². The molecule has 2 aromatic heterocycles. The highest BCUT2D eigenvalue weighted by molar-refractivity contribution is 5.87. The maximum atomic E-state index is 5.93. The number of nitrogens with two attached hydrogens (primary N) is 1. The number of rotatable bonds is 11. The van der Waals surface area contributed by atoms with Gasteiger partial charge in [0, 0.05) is 30.9 Å². The summed E-state index contributed by atoms with van der Waals surface area (Å²) in [5, 5.41) is 6.90. The molecule has 0 fully saturated rings. The Kier molecular flexibility index (Phi) is 7.52. The molecule has 0 spiro atoms. The second-order valence-corrected chi connectivity index (χ2v) is 7.92. The zero-order chi connectivity index (χ0) is 21.5. The number of ether oxygens (including phenoxy) is 1. The number of unbranched alkanes of at least 4 members (excludes halogenated alkanes) is 2. The highest BCUT2D eigenvalue weighted by Gasteiger charge is 2.13. The van der Waals surface area contributed by atoms with E-state index >= 15 is 0 Å². The lowest BCUT2D eigenvalue weighted by atomic mass is 10.1. The molecule has 1 aromatic carbocycles. The van der Waals surface area contributed by atoms with Crippen LogP contribution in [0.5, 0.6) is 5.75 Å². The van der Waals surface area contributed by atoms with E-state index in [9.17, 15) is 0 Å². The first kappa shape index (κ1) is 21.9. The van der Waals surface area contributed by atoms with Crippen LogP contribution in [0.1, 0.15) is 51.2 Å². The van der Waals surface area contributed by atoms with Gasteiger partial charge >= 0.3 is 0 Å². The molecular formula is C23H34N6O. The van der Waals surface area contributed by atoms with Gasteiger partial charge in [-0.15, -0.1) is 0 Å². The van der Waals surface area contributed by atoms with E-state index < -0.39 is 0 Å². The third kappa shape index (κ3) is 5.42. The van der Waals surface area contributed by atoms with Gasteiger partial charge in [-0.2, -0.15) is 4.98 Å². The van der Waals surface area contributed by atoms with E-state index in [1.54, 1.807) is 7.11 Å². The Morgan fingerprint density at radius 2 is 2.00 bits per heavy atom. The molecule has 162 valence electrons. The molecule has 0 saturated carbocycles. The maximum absolute atomic E-state index is 5.93. The predicted octanol–water partition coefficient (Wildman–Crippen LogP) is 4.17. The van der Waals surface area contributed by atoms with Crippen molar-refractivity contribution in [3.8, 4) is 5.75 Å². The largest absolute Gasteiger partial charge is 0.496 e. The lowest BCUT2D eigenvalue weighted by Crippen LogP contribution is -2.21. The lowest BCUT2D eigenvalue weighted by molar-refractivity contribution is 0.407. The van der Waals surface area contributed by atoms with Gasteiger partial charge in [-0.25, -0.2) is 4.98 Å². The van der Waals surface area contributed by atoms with Gasteiger partial charge in [0.2, 0.25) is 5.95 Å². The second kappa shape index (κ2) is 10.3. The summed E-state index contributed by atoms with van der Waals surface area (Å²) in [6.07, 6.45) is 5.50. The Bertz CT molecular complexity index is 966. The van der Waals surface area contributed by atoms with Crippen LogP contribution in [0.3, 0.4) is 0 Å². The van der Waals surface area contributed by atoms with Crippen LogP contribution >= 0.6 is 0 Å². The standard InChI is InChI=1S/C23H34N6O/c1-5-6-7-11-25-22-21-19(27-23(24)28-22)10-12-29(21)15-18-9-8-17(13-20(18)30-4)14-26-16(2)3/h8-10,12-13,16,26H,5-7,11,14-15H2,1-4H3,(H3,24,25,27,28). The lowest BCUT2D eigenvalue weighted by Gasteiger charge is -2.15. The molecule has 2 heterocycles. The molecule has 3 rings (SSSR count). The fourth-order valence-corrected chi connectivity index (χ4v) is 3.50. The van der Waals surface area contributed by atoms with Crippen molar-refractivity contribution in [2.45, 2.75) is 59.2 Å². The molecule has 0 aliphatic carbocycles. The van der Waals surface area contributed by atoms with Crippen LogP contribution in [0.2, 0.25) is 0 Å². The summed E-state index contributed by atoms with van der Waals surface area (Å²) in [6, 6.07) is 8.82. The Labute approximate surface area is 179 Å². The third-order valence-corrected chi connectivity index (χ3v) is 5.11. The van der Waals surface area contributed by atoms with Crippen LogP contribution in [-0.4, -0.2) is 34.2 Å². The van der Waals surface area contributed by atoms with Gasteiger partial charge in [0.15, 0.2) is 5.82 Å². The summed E-state index contributed by atoms with van der Waals surface area (Å²) in [5.74, 6) is 1.96. The summed E-state index contributed by atoms with van der Waals surface area (Å²) in [7, 11) is 1.72. The Hall–Kier alpha value is -2.80. The predicted molar refractivity (Wildman–Crippen MR) is 124 cm³/mol. The van der Waals surface area contributed by atoms with Crippen molar-refractivity contribution in [1.29, 1.82) is 0 Å². The maximum Gasteiger partial charge on any atom is 0.222 e. The van der Waals surface area contributed by atoms with Gasteiger partial charge in [0.1, 0.15) is 11.3 Å². The zero-order valence-corrected chi connectivity index (χ0v) is 18.5. The fraction of sp³-hybridized carbons (Fsp3) is 0.478. The van der Waals surface area contributed by atoms with E-state index in [1.807, 2.05) is 12.3 Å². The van der Waals surface area contributed by atoms with Crippen LogP contribution in [0.15, 0.2) is 30.5 Å². The number of nitrogens with zero attached hydrogens (tertiary/aromatic N) is 3. The van der Waals surface area contributed by atoms with E-state index in [1.165, 1.54) is 18.4 Å². The first-order valence-corrected chi connectivity index (χ1v) is 10.8. The van der Waals surface area contributed by atoms with E-state index in [4.69, 9.17) is 10.5 Å². The SMILES string of the molecule is CCCCCNc1nc(N)nc2ccn(Cc3ccc(CNC(C)C)cc3OC)c12. The molecule has 0 unspecified atom stereocenters. The minimum atomic E-state index is 0.290. The Balaban J connectivity index is 1.86. The van der Waals surface area contributed by atoms with Gasteiger partial charge < -0.3 is 25.7 Å². The molecule has 7 heteroatoms. The smallest absolute Gasteiger partial charge is 0.222 e. The van der Waals surface area contributed by atoms with Crippen LogP contribution in [0.4, 0.5) is 11.8 Å². The van der Waals surface area contributed by atoms with Gasteiger partial charge in [-0.05, 0) is 24.1 Å². The highest BCUT2D eigenvalue weighted by atomic mass is 16.5. The van der Waals surface area contributed by atoms with Crippen LogP contribution in [0.25, 0.3) is 11.0 Å². The molecule has 0 aliphatic rings. The zero-order valence-electron chi connectivity index (χ0n) is 18.5.